The molecule has 1 aromatic heterocycles. The van der Waals surface area contributed by atoms with Crippen molar-refractivity contribution in [3.8, 4) is 11.4 Å². The molecule has 3 heteroatoms. The molecule has 16 heavy (non-hydrogen) atoms. The predicted octanol–water partition coefficient (Wildman–Crippen LogP) is 2.46. The normalized spacial score (nSPS) is 12.6. The SMILES string of the molecule is CCC(CN)n1ccnc1-c1ccccc1. The highest BCUT2D eigenvalue weighted by atomic mass is 15.1. The van der Waals surface area contributed by atoms with Gasteiger partial charge in [0.05, 0.1) is 0 Å². The number of rotatable bonds is 4. The van der Waals surface area contributed by atoms with Gasteiger partial charge in [-0.1, -0.05) is 37.3 Å². The molecule has 1 atom stereocenters. The van der Waals surface area contributed by atoms with Gasteiger partial charge in [0.2, 0.25) is 0 Å². The summed E-state index contributed by atoms with van der Waals surface area (Å²) in [5.74, 6) is 0.998. The van der Waals surface area contributed by atoms with Crippen molar-refractivity contribution in [2.75, 3.05) is 6.54 Å². The van der Waals surface area contributed by atoms with E-state index in [1.165, 1.54) is 0 Å². The molecule has 0 aliphatic heterocycles. The summed E-state index contributed by atoms with van der Waals surface area (Å²) in [6, 6.07) is 10.5. The highest BCUT2D eigenvalue weighted by molar-refractivity contribution is 5.55. The first kappa shape index (κ1) is 10.9. The van der Waals surface area contributed by atoms with Crippen LogP contribution in [-0.4, -0.2) is 16.1 Å². The Morgan fingerprint density at radius 1 is 1.31 bits per heavy atom. The Morgan fingerprint density at radius 3 is 2.69 bits per heavy atom. The van der Waals surface area contributed by atoms with Gasteiger partial charge in [-0.2, -0.15) is 0 Å². The Labute approximate surface area is 95.9 Å². The van der Waals surface area contributed by atoms with Crippen LogP contribution in [-0.2, 0) is 0 Å². The topological polar surface area (TPSA) is 43.8 Å². The van der Waals surface area contributed by atoms with Gasteiger partial charge in [-0.3, -0.25) is 0 Å². The number of nitrogens with zero attached hydrogens (tertiary/aromatic N) is 2. The van der Waals surface area contributed by atoms with Crippen LogP contribution in [0.15, 0.2) is 42.7 Å². The van der Waals surface area contributed by atoms with Gasteiger partial charge in [0.15, 0.2) is 0 Å². The van der Waals surface area contributed by atoms with Crippen LogP contribution in [0.25, 0.3) is 11.4 Å². The van der Waals surface area contributed by atoms with E-state index in [9.17, 15) is 0 Å². The highest BCUT2D eigenvalue weighted by Crippen LogP contribution is 2.21. The number of aromatic nitrogens is 2. The van der Waals surface area contributed by atoms with E-state index in [1.807, 2.05) is 30.6 Å². The molecule has 1 aromatic carbocycles. The summed E-state index contributed by atoms with van der Waals surface area (Å²) in [5.41, 5.74) is 6.91. The molecule has 0 saturated heterocycles. The zero-order valence-corrected chi connectivity index (χ0v) is 9.50. The van der Waals surface area contributed by atoms with Crippen molar-refractivity contribution in [2.24, 2.45) is 5.73 Å². The quantitative estimate of drug-likeness (QED) is 0.851. The Bertz CT molecular complexity index is 429. The minimum atomic E-state index is 0.331. The molecule has 2 N–H and O–H groups in total. The highest BCUT2D eigenvalue weighted by Gasteiger charge is 2.11. The number of nitrogens with two attached hydrogens (primary N) is 1. The molecule has 0 bridgehead atoms. The Balaban J connectivity index is 2.40. The minimum absolute atomic E-state index is 0.331. The van der Waals surface area contributed by atoms with Crippen LogP contribution in [0.5, 0.6) is 0 Å². The van der Waals surface area contributed by atoms with Gasteiger partial charge in [-0.25, -0.2) is 4.98 Å². The molecule has 0 radical (unpaired) electrons. The van der Waals surface area contributed by atoms with Crippen LogP contribution in [0.2, 0.25) is 0 Å². The van der Waals surface area contributed by atoms with Crippen LogP contribution in [0.3, 0.4) is 0 Å². The van der Waals surface area contributed by atoms with Gasteiger partial charge in [-0.15, -0.1) is 0 Å². The molecule has 0 aliphatic carbocycles. The molecule has 0 aliphatic rings. The number of hydrogen-bond donors (Lipinski definition) is 1. The standard InChI is InChI=1S/C13H17N3/c1-2-12(10-14)16-9-8-15-13(16)11-6-4-3-5-7-11/h3-9,12H,2,10,14H2,1H3. The third-order valence-corrected chi connectivity index (χ3v) is 2.84. The molecule has 0 fully saturated rings. The number of hydrogen-bond acceptors (Lipinski definition) is 2. The van der Waals surface area contributed by atoms with Crippen LogP contribution < -0.4 is 5.73 Å². The summed E-state index contributed by atoms with van der Waals surface area (Å²) in [5, 5.41) is 0. The fraction of sp³-hybridized carbons (Fsp3) is 0.308. The molecule has 1 heterocycles. The largest absolute Gasteiger partial charge is 0.328 e. The third kappa shape index (κ3) is 1.99. The van der Waals surface area contributed by atoms with Crippen LogP contribution in [0.4, 0.5) is 0 Å². The molecule has 2 aromatic rings. The average Bonchev–Trinajstić information content (AvgIpc) is 2.81. The second-order valence-corrected chi connectivity index (χ2v) is 3.82. The second-order valence-electron chi connectivity index (χ2n) is 3.82. The zero-order valence-electron chi connectivity index (χ0n) is 9.50. The minimum Gasteiger partial charge on any atom is -0.328 e. The summed E-state index contributed by atoms with van der Waals surface area (Å²) >= 11 is 0. The molecule has 0 amide bonds. The molecule has 1 unspecified atom stereocenters. The lowest BCUT2D eigenvalue weighted by atomic mass is 10.2. The number of benzene rings is 1. The van der Waals surface area contributed by atoms with Crippen molar-refractivity contribution in [3.63, 3.8) is 0 Å². The lowest BCUT2D eigenvalue weighted by Gasteiger charge is -2.17. The monoisotopic (exact) mass is 215 g/mol. The maximum absolute atomic E-state index is 5.77. The smallest absolute Gasteiger partial charge is 0.140 e. The fourth-order valence-electron chi connectivity index (χ4n) is 1.90. The van der Waals surface area contributed by atoms with Gasteiger partial charge >= 0.3 is 0 Å². The first-order valence-corrected chi connectivity index (χ1v) is 5.65. The third-order valence-electron chi connectivity index (χ3n) is 2.84. The summed E-state index contributed by atoms with van der Waals surface area (Å²) in [6.07, 6.45) is 4.86. The van der Waals surface area contributed by atoms with E-state index in [2.05, 4.69) is 28.6 Å². The Kier molecular flexibility index (Phi) is 3.37. The van der Waals surface area contributed by atoms with Crippen molar-refractivity contribution < 1.29 is 0 Å². The Morgan fingerprint density at radius 2 is 2.06 bits per heavy atom. The van der Waals surface area contributed by atoms with Gasteiger partial charge < -0.3 is 10.3 Å². The van der Waals surface area contributed by atoms with Gasteiger partial charge in [0.1, 0.15) is 5.82 Å². The predicted molar refractivity (Wildman–Crippen MR) is 66.0 cm³/mol. The first-order valence-electron chi connectivity index (χ1n) is 5.65. The van der Waals surface area contributed by atoms with E-state index >= 15 is 0 Å². The van der Waals surface area contributed by atoms with E-state index in [4.69, 9.17) is 5.73 Å². The van der Waals surface area contributed by atoms with Crippen LogP contribution >= 0.6 is 0 Å². The fourth-order valence-corrected chi connectivity index (χ4v) is 1.90. The van der Waals surface area contributed by atoms with Crippen molar-refractivity contribution in [1.82, 2.24) is 9.55 Å². The molecule has 84 valence electrons. The lowest BCUT2D eigenvalue weighted by molar-refractivity contribution is 0.501. The van der Waals surface area contributed by atoms with E-state index in [1.54, 1.807) is 0 Å². The van der Waals surface area contributed by atoms with Crippen molar-refractivity contribution >= 4 is 0 Å². The van der Waals surface area contributed by atoms with Gasteiger partial charge in [0, 0.05) is 30.5 Å². The molecule has 0 spiro atoms. The average molecular weight is 215 g/mol. The summed E-state index contributed by atoms with van der Waals surface area (Å²) < 4.78 is 2.16. The summed E-state index contributed by atoms with van der Waals surface area (Å²) in [4.78, 5) is 4.41. The van der Waals surface area contributed by atoms with E-state index < -0.39 is 0 Å². The van der Waals surface area contributed by atoms with Gasteiger partial charge in [0.25, 0.3) is 0 Å². The lowest BCUT2D eigenvalue weighted by Crippen LogP contribution is -2.18. The molecule has 0 saturated carbocycles. The van der Waals surface area contributed by atoms with E-state index in [-0.39, 0.29) is 0 Å². The number of imidazole rings is 1. The Hall–Kier alpha value is -1.61. The summed E-state index contributed by atoms with van der Waals surface area (Å²) in [6.45, 7) is 2.79. The maximum Gasteiger partial charge on any atom is 0.140 e. The summed E-state index contributed by atoms with van der Waals surface area (Å²) in [7, 11) is 0. The van der Waals surface area contributed by atoms with E-state index in [0.717, 1.165) is 17.8 Å². The second kappa shape index (κ2) is 4.94. The molecule has 3 nitrogen and oxygen atoms in total. The molecule has 2 rings (SSSR count). The van der Waals surface area contributed by atoms with Gasteiger partial charge in [-0.05, 0) is 6.42 Å². The van der Waals surface area contributed by atoms with Crippen molar-refractivity contribution in [1.29, 1.82) is 0 Å². The van der Waals surface area contributed by atoms with Crippen molar-refractivity contribution in [2.45, 2.75) is 19.4 Å². The van der Waals surface area contributed by atoms with E-state index in [0.29, 0.717) is 12.6 Å². The molecular formula is C13H17N3. The van der Waals surface area contributed by atoms with Crippen LogP contribution in [0.1, 0.15) is 19.4 Å². The van der Waals surface area contributed by atoms with Crippen molar-refractivity contribution in [3.05, 3.63) is 42.7 Å². The maximum atomic E-state index is 5.77. The van der Waals surface area contributed by atoms with Crippen LogP contribution in [0, 0.1) is 0 Å². The first-order chi connectivity index (χ1) is 7.86. The molecular weight excluding hydrogens is 198 g/mol. The zero-order chi connectivity index (χ0) is 11.4.